The molecular weight excluding hydrogens is 256 g/mol. The number of anilines is 1. The molecule has 1 aliphatic heterocycles. The maximum absolute atomic E-state index is 10.9. The lowest BCUT2D eigenvalue weighted by molar-refractivity contribution is -0.384. The summed E-state index contributed by atoms with van der Waals surface area (Å²) >= 11 is 0. The summed E-state index contributed by atoms with van der Waals surface area (Å²) in [6, 6.07) is 14.5. The summed E-state index contributed by atoms with van der Waals surface area (Å²) in [7, 11) is 0. The van der Waals surface area contributed by atoms with E-state index in [4.69, 9.17) is 4.74 Å². The van der Waals surface area contributed by atoms with E-state index in [9.17, 15) is 10.1 Å². The molecule has 100 valence electrons. The highest BCUT2D eigenvalue weighted by Gasteiger charge is 2.18. The highest BCUT2D eigenvalue weighted by molar-refractivity contribution is 5.66. The molecule has 5 heteroatoms. The van der Waals surface area contributed by atoms with Gasteiger partial charge in [-0.2, -0.15) is 0 Å². The van der Waals surface area contributed by atoms with Gasteiger partial charge in [-0.25, -0.2) is 0 Å². The van der Waals surface area contributed by atoms with Crippen molar-refractivity contribution in [2.75, 3.05) is 4.90 Å². The molecule has 0 aromatic heterocycles. The number of nitro benzene ring substituents is 1. The molecule has 0 atom stereocenters. The van der Waals surface area contributed by atoms with Gasteiger partial charge in [0.05, 0.1) is 10.6 Å². The Morgan fingerprint density at radius 1 is 1.15 bits per heavy atom. The van der Waals surface area contributed by atoms with Crippen LogP contribution in [0.5, 0.6) is 5.75 Å². The van der Waals surface area contributed by atoms with Crippen LogP contribution in [-0.2, 0) is 6.54 Å². The lowest BCUT2D eigenvalue weighted by atomic mass is 10.2. The molecule has 0 spiro atoms. The SMILES string of the molecule is O=[N+]([O-])c1ccc2c(c1)N(Cc1ccccc1)C=CO2. The lowest BCUT2D eigenvalue weighted by Crippen LogP contribution is -2.19. The van der Waals surface area contributed by atoms with Crippen molar-refractivity contribution in [2.24, 2.45) is 0 Å². The van der Waals surface area contributed by atoms with E-state index in [0.717, 1.165) is 5.56 Å². The number of ether oxygens (including phenoxy) is 1. The van der Waals surface area contributed by atoms with Gasteiger partial charge in [0.2, 0.25) is 0 Å². The van der Waals surface area contributed by atoms with Crippen molar-refractivity contribution in [3.8, 4) is 5.75 Å². The summed E-state index contributed by atoms with van der Waals surface area (Å²) in [5.74, 6) is 0.619. The van der Waals surface area contributed by atoms with Crippen LogP contribution < -0.4 is 9.64 Å². The first-order chi connectivity index (χ1) is 9.74. The molecule has 5 nitrogen and oxygen atoms in total. The quantitative estimate of drug-likeness (QED) is 0.631. The van der Waals surface area contributed by atoms with Gasteiger partial charge in [0.25, 0.3) is 5.69 Å². The number of nitro groups is 1. The molecule has 0 radical (unpaired) electrons. The Bertz CT molecular complexity index is 668. The van der Waals surface area contributed by atoms with E-state index in [1.165, 1.54) is 12.1 Å². The average Bonchev–Trinajstić information content (AvgIpc) is 2.48. The second-order valence-corrected chi connectivity index (χ2v) is 4.43. The van der Waals surface area contributed by atoms with Crippen molar-refractivity contribution in [3.63, 3.8) is 0 Å². The highest BCUT2D eigenvalue weighted by atomic mass is 16.6. The van der Waals surface area contributed by atoms with Crippen molar-refractivity contribution in [1.82, 2.24) is 0 Å². The van der Waals surface area contributed by atoms with Crippen molar-refractivity contribution in [1.29, 1.82) is 0 Å². The first kappa shape index (κ1) is 12.2. The van der Waals surface area contributed by atoms with Gasteiger partial charge in [0.1, 0.15) is 6.26 Å². The number of fused-ring (bicyclic) bond motifs is 1. The monoisotopic (exact) mass is 268 g/mol. The van der Waals surface area contributed by atoms with Crippen molar-refractivity contribution in [3.05, 3.63) is 76.7 Å². The number of rotatable bonds is 3. The van der Waals surface area contributed by atoms with Crippen LogP contribution in [0, 0.1) is 10.1 Å². The fourth-order valence-electron chi connectivity index (χ4n) is 2.12. The average molecular weight is 268 g/mol. The van der Waals surface area contributed by atoms with Gasteiger partial charge in [-0.3, -0.25) is 10.1 Å². The maximum atomic E-state index is 10.9. The molecule has 20 heavy (non-hydrogen) atoms. The molecular formula is C15H12N2O3. The first-order valence-corrected chi connectivity index (χ1v) is 6.16. The largest absolute Gasteiger partial charge is 0.461 e. The second kappa shape index (κ2) is 5.05. The number of nitrogens with zero attached hydrogens (tertiary/aromatic N) is 2. The van der Waals surface area contributed by atoms with E-state index >= 15 is 0 Å². The van der Waals surface area contributed by atoms with Crippen molar-refractivity contribution in [2.45, 2.75) is 6.54 Å². The predicted molar refractivity (Wildman–Crippen MR) is 75.5 cm³/mol. The minimum Gasteiger partial charge on any atom is -0.461 e. The van der Waals surface area contributed by atoms with Gasteiger partial charge in [-0.1, -0.05) is 30.3 Å². The Kier molecular flexibility index (Phi) is 3.09. The third-order valence-electron chi connectivity index (χ3n) is 3.09. The van der Waals surface area contributed by atoms with Gasteiger partial charge >= 0.3 is 0 Å². The summed E-state index contributed by atoms with van der Waals surface area (Å²) in [6.45, 7) is 0.634. The Hall–Kier alpha value is -2.82. The highest BCUT2D eigenvalue weighted by Crippen LogP contribution is 2.35. The van der Waals surface area contributed by atoms with Crippen molar-refractivity contribution < 1.29 is 9.66 Å². The normalized spacial score (nSPS) is 12.7. The van der Waals surface area contributed by atoms with Gasteiger partial charge in [0, 0.05) is 24.9 Å². The zero-order valence-corrected chi connectivity index (χ0v) is 10.6. The lowest BCUT2D eigenvalue weighted by Gasteiger charge is -2.25. The molecule has 0 saturated carbocycles. The van der Waals surface area contributed by atoms with Crippen LogP contribution >= 0.6 is 0 Å². The third-order valence-corrected chi connectivity index (χ3v) is 3.09. The number of hydrogen-bond donors (Lipinski definition) is 0. The minimum atomic E-state index is -0.403. The van der Waals surface area contributed by atoms with Crippen LogP contribution in [0.1, 0.15) is 5.56 Å². The summed E-state index contributed by atoms with van der Waals surface area (Å²) < 4.78 is 5.38. The Morgan fingerprint density at radius 3 is 2.70 bits per heavy atom. The molecule has 3 rings (SSSR count). The van der Waals surface area contributed by atoms with Gasteiger partial charge in [-0.05, 0) is 11.6 Å². The number of benzene rings is 2. The molecule has 0 saturated heterocycles. The molecule has 2 aromatic carbocycles. The Balaban J connectivity index is 1.94. The van der Waals surface area contributed by atoms with Crippen LogP contribution in [0.2, 0.25) is 0 Å². The van der Waals surface area contributed by atoms with Crippen LogP contribution in [0.4, 0.5) is 11.4 Å². The van der Waals surface area contributed by atoms with E-state index in [2.05, 4.69) is 0 Å². The summed E-state index contributed by atoms with van der Waals surface area (Å²) in [6.07, 6.45) is 3.36. The third kappa shape index (κ3) is 2.33. The molecule has 0 fully saturated rings. The number of hydrogen-bond acceptors (Lipinski definition) is 4. The smallest absolute Gasteiger partial charge is 0.271 e. The van der Waals surface area contributed by atoms with Crippen LogP contribution in [0.3, 0.4) is 0 Å². The first-order valence-electron chi connectivity index (χ1n) is 6.16. The number of non-ortho nitro benzene ring substituents is 1. The molecule has 1 aliphatic rings. The molecule has 2 aromatic rings. The van der Waals surface area contributed by atoms with Crippen molar-refractivity contribution >= 4 is 11.4 Å². The van der Waals surface area contributed by atoms with E-state index in [1.54, 1.807) is 18.5 Å². The van der Waals surface area contributed by atoms with Gasteiger partial charge in [-0.15, -0.1) is 0 Å². The standard InChI is InChI=1S/C15H12N2O3/c18-17(19)13-6-7-15-14(10-13)16(8-9-20-15)11-12-4-2-1-3-5-12/h1-10H,11H2. The summed E-state index contributed by atoms with van der Waals surface area (Å²) in [5.41, 5.74) is 1.88. The molecule has 0 bridgehead atoms. The van der Waals surface area contributed by atoms with E-state index in [1.807, 2.05) is 35.2 Å². The zero-order chi connectivity index (χ0) is 13.9. The van der Waals surface area contributed by atoms with Crippen LogP contribution in [0.25, 0.3) is 0 Å². The molecule has 0 amide bonds. The van der Waals surface area contributed by atoms with Crippen LogP contribution in [-0.4, -0.2) is 4.92 Å². The molecule has 0 N–H and O–H groups in total. The van der Waals surface area contributed by atoms with Gasteiger partial charge < -0.3 is 9.64 Å². The Labute approximate surface area is 115 Å². The predicted octanol–water partition coefficient (Wildman–Crippen LogP) is 3.47. The maximum Gasteiger partial charge on any atom is 0.271 e. The topological polar surface area (TPSA) is 55.6 Å². The summed E-state index contributed by atoms with van der Waals surface area (Å²) in [5, 5.41) is 10.9. The molecule has 0 unspecified atom stereocenters. The Morgan fingerprint density at radius 2 is 1.95 bits per heavy atom. The van der Waals surface area contributed by atoms with E-state index in [-0.39, 0.29) is 5.69 Å². The molecule has 0 aliphatic carbocycles. The summed E-state index contributed by atoms with van der Waals surface area (Å²) in [4.78, 5) is 12.4. The van der Waals surface area contributed by atoms with Gasteiger partial charge in [0.15, 0.2) is 5.75 Å². The zero-order valence-electron chi connectivity index (χ0n) is 10.6. The fourth-order valence-corrected chi connectivity index (χ4v) is 2.12. The minimum absolute atomic E-state index is 0.0562. The molecule has 1 heterocycles. The van der Waals surface area contributed by atoms with Crippen LogP contribution in [0.15, 0.2) is 61.0 Å². The van der Waals surface area contributed by atoms with E-state index in [0.29, 0.717) is 18.0 Å². The second-order valence-electron chi connectivity index (χ2n) is 4.43. The van der Waals surface area contributed by atoms with E-state index < -0.39 is 4.92 Å². The fraction of sp³-hybridized carbons (Fsp3) is 0.0667.